The van der Waals surface area contributed by atoms with Gasteiger partial charge in [0.15, 0.2) is 5.82 Å². The molecule has 2 saturated heterocycles. The van der Waals surface area contributed by atoms with Gasteiger partial charge in [-0.25, -0.2) is 4.98 Å². The molecule has 2 aromatic heterocycles. The van der Waals surface area contributed by atoms with Gasteiger partial charge in [-0.1, -0.05) is 19.9 Å². The summed E-state index contributed by atoms with van der Waals surface area (Å²) in [5.74, 6) is 1.01. The van der Waals surface area contributed by atoms with E-state index in [1.54, 1.807) is 0 Å². The highest BCUT2D eigenvalue weighted by atomic mass is 16.1. The highest BCUT2D eigenvalue weighted by molar-refractivity contribution is 6.01. The number of carbonyl (C=O) groups excluding carboxylic acids is 1. The third-order valence-electron chi connectivity index (χ3n) is 7.00. The van der Waals surface area contributed by atoms with Crippen molar-refractivity contribution < 1.29 is 4.79 Å². The molecule has 4 heterocycles. The van der Waals surface area contributed by atoms with E-state index in [0.29, 0.717) is 35.1 Å². The minimum atomic E-state index is -0.0615. The second-order valence-electron chi connectivity index (χ2n) is 9.28. The molecule has 7 heteroatoms. The Balaban J connectivity index is 1.42. The number of nitrogens with zero attached hydrogens (tertiary/aromatic N) is 3. The first kappa shape index (κ1) is 19.3. The van der Waals surface area contributed by atoms with Crippen molar-refractivity contribution in [3.05, 3.63) is 35.0 Å². The monoisotopic (exact) mass is 406 g/mol. The molecule has 2 atom stereocenters. The molecule has 2 aliphatic rings. The average molecular weight is 407 g/mol. The molecular weight excluding hydrogens is 376 g/mol. The number of carbonyl (C=O) groups is 1. The number of nitrogens with one attached hydrogen (secondary N) is 3. The van der Waals surface area contributed by atoms with Gasteiger partial charge in [-0.05, 0) is 63.3 Å². The van der Waals surface area contributed by atoms with E-state index in [1.807, 2.05) is 13.0 Å². The molecule has 2 unspecified atom stereocenters. The van der Waals surface area contributed by atoms with Gasteiger partial charge in [0.2, 0.25) is 0 Å². The predicted molar refractivity (Wildman–Crippen MR) is 118 cm³/mol. The van der Waals surface area contributed by atoms with E-state index in [1.165, 1.54) is 18.4 Å². The summed E-state index contributed by atoms with van der Waals surface area (Å²) in [7, 11) is 2.21. The van der Waals surface area contributed by atoms with Crippen molar-refractivity contribution >= 4 is 16.9 Å². The Morgan fingerprint density at radius 2 is 1.97 bits per heavy atom. The molecule has 30 heavy (non-hydrogen) atoms. The number of benzene rings is 1. The first-order valence-electron chi connectivity index (χ1n) is 11.0. The zero-order valence-corrected chi connectivity index (χ0v) is 18.1. The zero-order valence-electron chi connectivity index (χ0n) is 18.1. The zero-order chi connectivity index (χ0) is 21.0. The first-order valence-corrected chi connectivity index (χ1v) is 11.0. The molecule has 1 amide bonds. The summed E-state index contributed by atoms with van der Waals surface area (Å²) in [6, 6.07) is 7.66. The van der Waals surface area contributed by atoms with Crippen LogP contribution in [0.3, 0.4) is 0 Å². The van der Waals surface area contributed by atoms with Gasteiger partial charge in [-0.15, -0.1) is 0 Å². The van der Waals surface area contributed by atoms with Crippen LogP contribution in [0.4, 0.5) is 0 Å². The SMILES string of the molecule is Cc1[nH]nc(-c2nc3ccc(C(C)C)cc3[nH]2)c1C(=O)NC1CC2CCC(C1)N2C. The molecule has 3 aromatic rings. The molecule has 1 aromatic carbocycles. The van der Waals surface area contributed by atoms with Crippen LogP contribution in [0, 0.1) is 6.92 Å². The normalized spacial score (nSPS) is 24.1. The fourth-order valence-corrected chi connectivity index (χ4v) is 5.16. The van der Waals surface area contributed by atoms with Crippen molar-refractivity contribution in [3.8, 4) is 11.5 Å². The number of aromatic amines is 2. The van der Waals surface area contributed by atoms with Crippen molar-refractivity contribution in [2.45, 2.75) is 70.5 Å². The summed E-state index contributed by atoms with van der Waals surface area (Å²) in [5.41, 5.74) is 5.04. The molecule has 2 fully saturated rings. The summed E-state index contributed by atoms with van der Waals surface area (Å²) in [5, 5.41) is 10.7. The maximum Gasteiger partial charge on any atom is 0.255 e. The van der Waals surface area contributed by atoms with Crippen molar-refractivity contribution in [2.24, 2.45) is 0 Å². The minimum Gasteiger partial charge on any atom is -0.349 e. The number of piperidine rings is 1. The third kappa shape index (κ3) is 3.21. The van der Waals surface area contributed by atoms with Gasteiger partial charge in [-0.2, -0.15) is 5.10 Å². The molecule has 0 radical (unpaired) electrons. The van der Waals surface area contributed by atoms with Gasteiger partial charge in [0.25, 0.3) is 5.91 Å². The Morgan fingerprint density at radius 1 is 1.23 bits per heavy atom. The van der Waals surface area contributed by atoms with Gasteiger partial charge < -0.3 is 15.2 Å². The number of aromatic nitrogens is 4. The molecule has 2 aliphatic heterocycles. The summed E-state index contributed by atoms with van der Waals surface area (Å²) < 4.78 is 0. The van der Waals surface area contributed by atoms with Crippen molar-refractivity contribution in [3.63, 3.8) is 0 Å². The van der Waals surface area contributed by atoms with E-state index < -0.39 is 0 Å². The number of hydrogen-bond acceptors (Lipinski definition) is 4. The highest BCUT2D eigenvalue weighted by Gasteiger charge is 2.39. The van der Waals surface area contributed by atoms with Crippen LogP contribution in [0.5, 0.6) is 0 Å². The number of fused-ring (bicyclic) bond motifs is 3. The van der Waals surface area contributed by atoms with E-state index in [-0.39, 0.29) is 11.9 Å². The molecule has 0 aliphatic carbocycles. The van der Waals surface area contributed by atoms with Crippen LogP contribution in [-0.2, 0) is 0 Å². The Labute approximate surface area is 176 Å². The van der Waals surface area contributed by atoms with Crippen LogP contribution in [0.1, 0.15) is 67.1 Å². The second-order valence-corrected chi connectivity index (χ2v) is 9.28. The second kappa shape index (κ2) is 7.23. The van der Waals surface area contributed by atoms with Gasteiger partial charge in [0, 0.05) is 23.8 Å². The lowest BCUT2D eigenvalue weighted by molar-refractivity contribution is 0.0882. The predicted octanol–water partition coefficient (Wildman–Crippen LogP) is 3.74. The fraction of sp³-hybridized carbons (Fsp3) is 0.522. The molecule has 0 saturated carbocycles. The van der Waals surface area contributed by atoms with Crippen LogP contribution in [0.2, 0.25) is 0 Å². The molecular formula is C23H30N6O. The van der Waals surface area contributed by atoms with Crippen LogP contribution >= 0.6 is 0 Å². The highest BCUT2D eigenvalue weighted by Crippen LogP contribution is 2.34. The fourth-order valence-electron chi connectivity index (χ4n) is 5.16. The lowest BCUT2D eigenvalue weighted by Crippen LogP contribution is -2.48. The Bertz CT molecular complexity index is 1080. The molecule has 3 N–H and O–H groups in total. The number of aryl methyl sites for hydroxylation is 1. The quantitative estimate of drug-likeness (QED) is 0.616. The summed E-state index contributed by atoms with van der Waals surface area (Å²) in [4.78, 5) is 23.8. The maximum atomic E-state index is 13.2. The van der Waals surface area contributed by atoms with Gasteiger partial charge in [0.1, 0.15) is 5.69 Å². The number of rotatable bonds is 4. The average Bonchev–Trinajstić information content (AvgIpc) is 3.35. The molecule has 158 valence electrons. The Morgan fingerprint density at radius 3 is 2.67 bits per heavy atom. The third-order valence-corrected chi connectivity index (χ3v) is 7.00. The van der Waals surface area contributed by atoms with Crippen molar-refractivity contribution in [1.29, 1.82) is 0 Å². The lowest BCUT2D eigenvalue weighted by atomic mass is 9.97. The van der Waals surface area contributed by atoms with E-state index >= 15 is 0 Å². The number of imidazole rings is 1. The topological polar surface area (TPSA) is 89.7 Å². The van der Waals surface area contributed by atoms with Crippen molar-refractivity contribution in [1.82, 2.24) is 30.4 Å². The standard InChI is InChI=1S/C23H30N6O/c1-12(2)14-5-8-18-19(9-14)26-22(25-18)21-20(13(3)27-28-21)23(30)24-15-10-16-6-7-17(11-15)29(16)4/h5,8-9,12,15-17H,6-7,10-11H2,1-4H3,(H,24,30)(H,25,26)(H,27,28). The van der Waals surface area contributed by atoms with Crippen LogP contribution in [-0.4, -0.2) is 56.1 Å². The molecule has 7 nitrogen and oxygen atoms in total. The number of amides is 1. The molecule has 2 bridgehead atoms. The van der Waals surface area contributed by atoms with Gasteiger partial charge in [-0.3, -0.25) is 9.89 Å². The van der Waals surface area contributed by atoms with Crippen LogP contribution in [0.25, 0.3) is 22.6 Å². The Kier molecular flexibility index (Phi) is 4.65. The minimum absolute atomic E-state index is 0.0615. The van der Waals surface area contributed by atoms with E-state index in [2.05, 4.69) is 58.4 Å². The molecule has 5 rings (SSSR count). The number of H-pyrrole nitrogens is 2. The van der Waals surface area contributed by atoms with Gasteiger partial charge >= 0.3 is 0 Å². The van der Waals surface area contributed by atoms with Crippen LogP contribution < -0.4 is 5.32 Å². The maximum absolute atomic E-state index is 13.2. The summed E-state index contributed by atoms with van der Waals surface area (Å²) in [6.45, 7) is 6.24. The molecule has 0 spiro atoms. The summed E-state index contributed by atoms with van der Waals surface area (Å²) >= 11 is 0. The van der Waals surface area contributed by atoms with Crippen molar-refractivity contribution in [2.75, 3.05) is 7.05 Å². The van der Waals surface area contributed by atoms with E-state index in [4.69, 9.17) is 4.98 Å². The Hall–Kier alpha value is -2.67. The lowest BCUT2D eigenvalue weighted by Gasteiger charge is -2.36. The number of hydrogen-bond donors (Lipinski definition) is 3. The van der Waals surface area contributed by atoms with E-state index in [9.17, 15) is 4.79 Å². The first-order chi connectivity index (χ1) is 14.4. The van der Waals surface area contributed by atoms with Gasteiger partial charge in [0.05, 0.1) is 16.6 Å². The van der Waals surface area contributed by atoms with E-state index in [0.717, 1.165) is 29.6 Å². The summed E-state index contributed by atoms with van der Waals surface area (Å²) in [6.07, 6.45) is 4.52. The van der Waals surface area contributed by atoms with Crippen LogP contribution in [0.15, 0.2) is 18.2 Å². The largest absolute Gasteiger partial charge is 0.349 e. The smallest absolute Gasteiger partial charge is 0.255 e.